The minimum atomic E-state index is 0.180. The zero-order valence-electron chi connectivity index (χ0n) is 10.3. The summed E-state index contributed by atoms with van der Waals surface area (Å²) in [5, 5.41) is 7.89. The normalized spacial score (nSPS) is 27.2. The average molecular weight is 235 g/mol. The zero-order chi connectivity index (χ0) is 11.5. The second-order valence-corrected chi connectivity index (χ2v) is 5.10. The van der Waals surface area contributed by atoms with Crippen molar-refractivity contribution in [3.63, 3.8) is 0 Å². The van der Waals surface area contributed by atoms with E-state index in [-0.39, 0.29) is 6.23 Å². The monoisotopic (exact) mass is 235 g/mol. The molecule has 0 saturated carbocycles. The SMILES string of the molecule is c1nn(C2CCCCO2)cc1C1CCNCC1. The highest BCUT2D eigenvalue weighted by molar-refractivity contribution is 5.12. The molecule has 2 aliphatic heterocycles. The van der Waals surface area contributed by atoms with Gasteiger partial charge in [-0.1, -0.05) is 0 Å². The molecule has 2 aliphatic rings. The minimum Gasteiger partial charge on any atom is -0.357 e. The Balaban J connectivity index is 1.68. The minimum absolute atomic E-state index is 0.180. The molecule has 0 spiro atoms. The maximum Gasteiger partial charge on any atom is 0.150 e. The molecule has 2 fully saturated rings. The van der Waals surface area contributed by atoms with Gasteiger partial charge in [-0.3, -0.25) is 0 Å². The van der Waals surface area contributed by atoms with Crippen molar-refractivity contribution in [2.24, 2.45) is 0 Å². The fourth-order valence-corrected chi connectivity index (χ4v) is 2.81. The Labute approximate surface area is 102 Å². The molecule has 1 unspecified atom stereocenters. The molecule has 3 heterocycles. The van der Waals surface area contributed by atoms with Gasteiger partial charge >= 0.3 is 0 Å². The van der Waals surface area contributed by atoms with Crippen LogP contribution >= 0.6 is 0 Å². The van der Waals surface area contributed by atoms with E-state index in [1.807, 2.05) is 10.9 Å². The molecule has 1 aromatic heterocycles. The van der Waals surface area contributed by atoms with Crippen LogP contribution in [-0.2, 0) is 4.74 Å². The van der Waals surface area contributed by atoms with Crippen molar-refractivity contribution in [1.29, 1.82) is 0 Å². The van der Waals surface area contributed by atoms with Crippen molar-refractivity contribution >= 4 is 0 Å². The standard InChI is InChI=1S/C13H21N3O/c1-2-8-17-13(3-1)16-10-12(9-15-16)11-4-6-14-7-5-11/h9-11,13-14H,1-8H2. The van der Waals surface area contributed by atoms with Crippen molar-refractivity contribution in [2.75, 3.05) is 19.7 Å². The van der Waals surface area contributed by atoms with Crippen molar-refractivity contribution in [3.05, 3.63) is 18.0 Å². The molecular formula is C13H21N3O. The van der Waals surface area contributed by atoms with E-state index < -0.39 is 0 Å². The molecule has 94 valence electrons. The first kappa shape index (κ1) is 11.2. The van der Waals surface area contributed by atoms with E-state index >= 15 is 0 Å². The summed E-state index contributed by atoms with van der Waals surface area (Å²) in [6.07, 6.45) is 10.4. The number of piperidine rings is 1. The highest BCUT2D eigenvalue weighted by Gasteiger charge is 2.20. The fraction of sp³-hybridized carbons (Fsp3) is 0.769. The second-order valence-electron chi connectivity index (χ2n) is 5.10. The van der Waals surface area contributed by atoms with Gasteiger partial charge in [-0.15, -0.1) is 0 Å². The second kappa shape index (κ2) is 5.19. The molecule has 1 aromatic rings. The van der Waals surface area contributed by atoms with Gasteiger partial charge in [0.05, 0.1) is 6.20 Å². The molecule has 0 radical (unpaired) electrons. The molecule has 0 amide bonds. The van der Waals surface area contributed by atoms with Gasteiger partial charge < -0.3 is 10.1 Å². The first-order valence-corrected chi connectivity index (χ1v) is 6.80. The number of hydrogen-bond acceptors (Lipinski definition) is 3. The predicted molar refractivity (Wildman–Crippen MR) is 65.9 cm³/mol. The molecule has 4 heteroatoms. The number of hydrogen-bond donors (Lipinski definition) is 1. The largest absolute Gasteiger partial charge is 0.357 e. The summed E-state index contributed by atoms with van der Waals surface area (Å²) >= 11 is 0. The highest BCUT2D eigenvalue weighted by atomic mass is 16.5. The quantitative estimate of drug-likeness (QED) is 0.852. The molecule has 4 nitrogen and oxygen atoms in total. The van der Waals surface area contributed by atoms with Crippen LogP contribution in [0.1, 0.15) is 49.8 Å². The summed E-state index contributed by atoms with van der Waals surface area (Å²) < 4.78 is 7.78. The highest BCUT2D eigenvalue weighted by Crippen LogP contribution is 2.27. The van der Waals surface area contributed by atoms with Crippen LogP contribution in [0.4, 0.5) is 0 Å². The summed E-state index contributed by atoms with van der Waals surface area (Å²) in [5.74, 6) is 0.689. The number of nitrogens with zero attached hydrogens (tertiary/aromatic N) is 2. The number of aromatic nitrogens is 2. The zero-order valence-corrected chi connectivity index (χ0v) is 10.3. The third-order valence-corrected chi connectivity index (χ3v) is 3.88. The van der Waals surface area contributed by atoms with Gasteiger partial charge in [-0.25, -0.2) is 4.68 Å². The van der Waals surface area contributed by atoms with E-state index in [1.165, 1.54) is 31.2 Å². The van der Waals surface area contributed by atoms with Crippen molar-refractivity contribution in [2.45, 2.75) is 44.2 Å². The molecule has 1 N–H and O–H groups in total. The third-order valence-electron chi connectivity index (χ3n) is 3.88. The Morgan fingerprint density at radius 2 is 2.12 bits per heavy atom. The lowest BCUT2D eigenvalue weighted by Crippen LogP contribution is -2.26. The lowest BCUT2D eigenvalue weighted by molar-refractivity contribution is -0.0395. The summed E-state index contributed by atoms with van der Waals surface area (Å²) in [4.78, 5) is 0. The summed E-state index contributed by atoms with van der Waals surface area (Å²) in [6, 6.07) is 0. The lowest BCUT2D eigenvalue weighted by atomic mass is 9.93. The smallest absolute Gasteiger partial charge is 0.150 e. The molecule has 3 rings (SSSR count). The Morgan fingerprint density at radius 1 is 1.24 bits per heavy atom. The van der Waals surface area contributed by atoms with Gasteiger partial charge in [-0.2, -0.15) is 5.10 Å². The van der Waals surface area contributed by atoms with Gasteiger partial charge in [-0.05, 0) is 56.7 Å². The molecule has 1 atom stereocenters. The Hall–Kier alpha value is -0.870. The Bertz CT molecular complexity index is 319. The van der Waals surface area contributed by atoms with E-state index in [2.05, 4.69) is 16.6 Å². The maximum absolute atomic E-state index is 5.75. The van der Waals surface area contributed by atoms with Crippen molar-refractivity contribution in [3.8, 4) is 0 Å². The molecule has 0 aliphatic carbocycles. The number of ether oxygens (including phenoxy) is 1. The molecule has 0 aromatic carbocycles. The molecule has 17 heavy (non-hydrogen) atoms. The van der Waals surface area contributed by atoms with Crippen LogP contribution in [-0.4, -0.2) is 29.5 Å². The average Bonchev–Trinajstić information content (AvgIpc) is 2.90. The Kier molecular flexibility index (Phi) is 3.43. The molecule has 2 saturated heterocycles. The van der Waals surface area contributed by atoms with Crippen LogP contribution in [0.25, 0.3) is 0 Å². The summed E-state index contributed by atoms with van der Waals surface area (Å²) in [7, 11) is 0. The van der Waals surface area contributed by atoms with E-state index in [0.717, 1.165) is 26.1 Å². The van der Waals surface area contributed by atoms with Crippen LogP contribution in [0.15, 0.2) is 12.4 Å². The summed E-state index contributed by atoms with van der Waals surface area (Å²) in [6.45, 7) is 3.15. The van der Waals surface area contributed by atoms with Gasteiger partial charge in [0.2, 0.25) is 0 Å². The van der Waals surface area contributed by atoms with Gasteiger partial charge in [0.1, 0.15) is 6.23 Å². The number of rotatable bonds is 2. The van der Waals surface area contributed by atoms with Crippen molar-refractivity contribution in [1.82, 2.24) is 15.1 Å². The van der Waals surface area contributed by atoms with Crippen LogP contribution in [0.2, 0.25) is 0 Å². The number of nitrogens with one attached hydrogen (secondary N) is 1. The van der Waals surface area contributed by atoms with Crippen LogP contribution in [0.5, 0.6) is 0 Å². The molecule has 0 bridgehead atoms. The fourth-order valence-electron chi connectivity index (χ4n) is 2.81. The summed E-state index contributed by atoms with van der Waals surface area (Å²) in [5.41, 5.74) is 1.39. The van der Waals surface area contributed by atoms with Gasteiger partial charge in [0.15, 0.2) is 0 Å². The van der Waals surface area contributed by atoms with E-state index in [9.17, 15) is 0 Å². The van der Waals surface area contributed by atoms with E-state index in [0.29, 0.717) is 5.92 Å². The third kappa shape index (κ3) is 2.53. The van der Waals surface area contributed by atoms with E-state index in [4.69, 9.17) is 4.74 Å². The van der Waals surface area contributed by atoms with Gasteiger partial charge in [0.25, 0.3) is 0 Å². The molecular weight excluding hydrogens is 214 g/mol. The van der Waals surface area contributed by atoms with E-state index in [1.54, 1.807) is 0 Å². The van der Waals surface area contributed by atoms with Crippen LogP contribution < -0.4 is 5.32 Å². The first-order valence-electron chi connectivity index (χ1n) is 6.80. The van der Waals surface area contributed by atoms with Gasteiger partial charge in [0, 0.05) is 12.8 Å². The first-order chi connectivity index (χ1) is 8.43. The lowest BCUT2D eigenvalue weighted by Gasteiger charge is -2.23. The van der Waals surface area contributed by atoms with Crippen LogP contribution in [0, 0.1) is 0 Å². The Morgan fingerprint density at radius 3 is 2.88 bits per heavy atom. The topological polar surface area (TPSA) is 39.1 Å². The predicted octanol–water partition coefficient (Wildman–Crippen LogP) is 2.05. The van der Waals surface area contributed by atoms with Crippen molar-refractivity contribution < 1.29 is 4.74 Å². The van der Waals surface area contributed by atoms with Crippen LogP contribution in [0.3, 0.4) is 0 Å². The maximum atomic E-state index is 5.75.